The van der Waals surface area contributed by atoms with Gasteiger partial charge in [-0.25, -0.2) is 13.2 Å². The molecule has 0 aliphatic rings. The summed E-state index contributed by atoms with van der Waals surface area (Å²) in [6.45, 7) is 0.568. The first-order valence-electron chi connectivity index (χ1n) is 4.63. The van der Waals surface area contributed by atoms with E-state index in [2.05, 4.69) is 4.98 Å². The summed E-state index contributed by atoms with van der Waals surface area (Å²) in [6.07, 6.45) is -4.18. The minimum absolute atomic E-state index is 0. The van der Waals surface area contributed by atoms with Crippen molar-refractivity contribution >= 4 is 36.4 Å². The highest BCUT2D eigenvalue weighted by Crippen LogP contribution is 2.29. The molecular formula is C10H17Cl3F3N3. The summed E-state index contributed by atoms with van der Waals surface area (Å²) in [5.74, 6) is 0. The van der Waals surface area contributed by atoms with E-state index in [1.807, 2.05) is 19.0 Å². The van der Waals surface area contributed by atoms with Crippen molar-refractivity contribution in [2.45, 2.75) is 19.1 Å². The number of halogens is 6. The molecule has 0 fully saturated rings. The third-order valence-corrected chi connectivity index (χ3v) is 2.21. The van der Waals surface area contributed by atoms with Crippen LogP contribution in [0.1, 0.15) is 17.4 Å². The Kier molecular flexibility index (Phi) is 13.2. The smallest absolute Gasteiger partial charge is 0.275 e. The van der Waals surface area contributed by atoms with Crippen molar-refractivity contribution in [1.82, 2.24) is 16.0 Å². The molecule has 0 aliphatic carbocycles. The van der Waals surface area contributed by atoms with Crippen LogP contribution in [0.4, 0.5) is 13.2 Å². The predicted octanol–water partition coefficient (Wildman–Crippen LogP) is 4.08. The molecule has 0 saturated heterocycles. The maximum absolute atomic E-state index is 13.0. The zero-order valence-corrected chi connectivity index (χ0v) is 12.8. The van der Waals surface area contributed by atoms with E-state index >= 15 is 0 Å². The summed E-state index contributed by atoms with van der Waals surface area (Å²) < 4.78 is 37.3. The molecule has 1 heterocycles. The molecule has 0 aliphatic heterocycles. The topological polar surface area (TPSA) is 51.1 Å². The van der Waals surface area contributed by atoms with E-state index in [1.54, 1.807) is 0 Å². The van der Waals surface area contributed by atoms with Crippen LogP contribution in [-0.2, 0) is 6.54 Å². The first-order chi connectivity index (χ1) is 7.41. The van der Waals surface area contributed by atoms with Crippen LogP contribution in [0.25, 0.3) is 0 Å². The monoisotopic (exact) mass is 341 g/mol. The molecule has 9 heteroatoms. The molecule has 1 atom stereocenters. The Labute approximate surface area is 127 Å². The van der Waals surface area contributed by atoms with E-state index in [1.165, 1.54) is 12.3 Å². The van der Waals surface area contributed by atoms with Gasteiger partial charge in [0.25, 0.3) is 6.43 Å². The van der Waals surface area contributed by atoms with E-state index in [-0.39, 0.29) is 36.0 Å². The van der Waals surface area contributed by atoms with E-state index < -0.39 is 18.3 Å². The molecule has 0 radical (unpaired) electrons. The van der Waals surface area contributed by atoms with Crippen LogP contribution in [0, 0.1) is 0 Å². The lowest BCUT2D eigenvalue weighted by atomic mass is 10.2. The van der Waals surface area contributed by atoms with Crippen LogP contribution in [0.5, 0.6) is 0 Å². The second-order valence-corrected chi connectivity index (χ2v) is 4.09. The highest BCUT2D eigenvalue weighted by molar-refractivity contribution is 6.31. The number of hydrogen-bond acceptors (Lipinski definition) is 3. The molecule has 0 saturated carbocycles. The van der Waals surface area contributed by atoms with Crippen LogP contribution in [-0.4, -0.2) is 30.4 Å². The molecule has 3 N–H and O–H groups in total. The predicted molar refractivity (Wildman–Crippen MR) is 76.0 cm³/mol. The Bertz CT molecular complexity index is 367. The van der Waals surface area contributed by atoms with Gasteiger partial charge in [0, 0.05) is 12.7 Å². The van der Waals surface area contributed by atoms with Crippen LogP contribution in [0.15, 0.2) is 12.3 Å². The molecule has 0 spiro atoms. The zero-order chi connectivity index (χ0) is 12.3. The van der Waals surface area contributed by atoms with Crippen molar-refractivity contribution in [3.63, 3.8) is 0 Å². The normalized spacial score (nSPS) is 11.4. The maximum atomic E-state index is 13.0. The number of rotatable bonds is 4. The lowest BCUT2D eigenvalue weighted by Crippen LogP contribution is -2.12. The summed E-state index contributed by atoms with van der Waals surface area (Å²) in [5.41, 5.74) is 0.347. The summed E-state index contributed by atoms with van der Waals surface area (Å²) >= 11 is 5.70. The highest BCUT2D eigenvalue weighted by atomic mass is 35.5. The minimum atomic E-state index is -3.11. The number of nitrogens with zero attached hydrogens (tertiary/aromatic N) is 2. The fourth-order valence-corrected chi connectivity index (χ4v) is 1.56. The molecule has 1 rings (SSSR count). The van der Waals surface area contributed by atoms with Gasteiger partial charge >= 0.3 is 0 Å². The summed E-state index contributed by atoms with van der Waals surface area (Å²) in [6, 6.07) is 1.46. The van der Waals surface area contributed by atoms with E-state index in [0.717, 1.165) is 5.56 Å². The van der Waals surface area contributed by atoms with Crippen molar-refractivity contribution in [2.75, 3.05) is 14.1 Å². The van der Waals surface area contributed by atoms with Crippen molar-refractivity contribution in [2.24, 2.45) is 0 Å². The van der Waals surface area contributed by atoms with Crippen molar-refractivity contribution in [3.8, 4) is 0 Å². The Hall–Kier alpha value is -0.270. The number of aromatic nitrogens is 1. The number of alkyl halides is 3. The first kappa shape index (κ1) is 23.8. The molecule has 0 bridgehead atoms. The van der Waals surface area contributed by atoms with Gasteiger partial charge in [0.2, 0.25) is 6.17 Å². The number of hydrogen-bond donors (Lipinski definition) is 1. The van der Waals surface area contributed by atoms with E-state index in [4.69, 9.17) is 11.6 Å². The molecule has 0 unspecified atom stereocenters. The van der Waals surface area contributed by atoms with Crippen molar-refractivity contribution in [1.29, 1.82) is 0 Å². The molecule has 19 heavy (non-hydrogen) atoms. The van der Waals surface area contributed by atoms with Gasteiger partial charge in [0.1, 0.15) is 0 Å². The van der Waals surface area contributed by atoms with Crippen molar-refractivity contribution in [3.05, 3.63) is 28.5 Å². The lowest BCUT2D eigenvalue weighted by molar-refractivity contribution is 0.0473. The van der Waals surface area contributed by atoms with E-state index in [9.17, 15) is 13.2 Å². The standard InChI is InChI=1S/C10H12ClF3N2.2ClH.H3N/c1-16(2)5-6-3-7(11)9(15-4-6)8(12)10(13)14;;;/h3-4,8,10H,5H2,1-2H3;2*1H;1H3/t8-;;;/m1.../s1. The van der Waals surface area contributed by atoms with Crippen LogP contribution in [0.3, 0.4) is 0 Å². The highest BCUT2D eigenvalue weighted by Gasteiger charge is 2.25. The Morgan fingerprint density at radius 2 is 1.79 bits per heavy atom. The molecule has 1 aromatic rings. The summed E-state index contributed by atoms with van der Waals surface area (Å²) in [5, 5.41) is -0.0628. The minimum Gasteiger partial charge on any atom is -0.344 e. The lowest BCUT2D eigenvalue weighted by Gasteiger charge is -2.12. The second-order valence-electron chi connectivity index (χ2n) is 3.68. The van der Waals surface area contributed by atoms with Gasteiger partial charge in [-0.1, -0.05) is 11.6 Å². The van der Waals surface area contributed by atoms with Gasteiger partial charge < -0.3 is 11.1 Å². The van der Waals surface area contributed by atoms with Gasteiger partial charge in [-0.2, -0.15) is 0 Å². The van der Waals surface area contributed by atoms with Gasteiger partial charge in [0.05, 0.1) is 10.7 Å². The number of pyridine rings is 1. The quantitative estimate of drug-likeness (QED) is 0.897. The van der Waals surface area contributed by atoms with Gasteiger partial charge in [0.15, 0.2) is 0 Å². The molecule has 0 amide bonds. The average molecular weight is 343 g/mol. The fourth-order valence-electron chi connectivity index (χ4n) is 1.26. The SMILES string of the molecule is CN(C)Cc1cnc([C@@H](F)C(F)F)c(Cl)c1.Cl.Cl.N. The summed E-state index contributed by atoms with van der Waals surface area (Å²) in [7, 11) is 3.69. The average Bonchev–Trinajstić information content (AvgIpc) is 2.15. The zero-order valence-electron chi connectivity index (χ0n) is 10.4. The Morgan fingerprint density at radius 3 is 2.16 bits per heavy atom. The fraction of sp³-hybridized carbons (Fsp3) is 0.500. The van der Waals surface area contributed by atoms with Gasteiger partial charge in [-0.05, 0) is 25.7 Å². The molecule has 114 valence electrons. The molecule has 3 nitrogen and oxygen atoms in total. The van der Waals surface area contributed by atoms with E-state index in [0.29, 0.717) is 6.54 Å². The van der Waals surface area contributed by atoms with Gasteiger partial charge in [-0.15, -0.1) is 24.8 Å². The molecule has 0 aromatic carbocycles. The third-order valence-electron chi connectivity index (χ3n) is 1.91. The first-order valence-corrected chi connectivity index (χ1v) is 5.01. The van der Waals surface area contributed by atoms with Gasteiger partial charge in [-0.3, -0.25) is 4.98 Å². The maximum Gasteiger partial charge on any atom is 0.275 e. The van der Waals surface area contributed by atoms with Crippen LogP contribution in [0.2, 0.25) is 5.02 Å². The van der Waals surface area contributed by atoms with Crippen LogP contribution >= 0.6 is 36.4 Å². The largest absolute Gasteiger partial charge is 0.344 e. The Morgan fingerprint density at radius 1 is 1.26 bits per heavy atom. The van der Waals surface area contributed by atoms with Crippen LogP contribution < -0.4 is 6.15 Å². The Balaban J connectivity index is -0.000000853. The molecular weight excluding hydrogens is 325 g/mol. The second kappa shape index (κ2) is 10.5. The summed E-state index contributed by atoms with van der Waals surface area (Å²) in [4.78, 5) is 5.51. The third kappa shape index (κ3) is 7.17. The van der Waals surface area contributed by atoms with Crippen molar-refractivity contribution < 1.29 is 13.2 Å². The molecule has 1 aromatic heterocycles.